The summed E-state index contributed by atoms with van der Waals surface area (Å²) in [6.07, 6.45) is 3.78. The van der Waals surface area contributed by atoms with Gasteiger partial charge < -0.3 is 9.47 Å². The molecule has 0 amide bonds. The van der Waals surface area contributed by atoms with Gasteiger partial charge in [0.25, 0.3) is 0 Å². The van der Waals surface area contributed by atoms with Crippen molar-refractivity contribution in [1.82, 2.24) is 0 Å². The highest BCUT2D eigenvalue weighted by atomic mass is 16.6. The van der Waals surface area contributed by atoms with E-state index in [1.54, 1.807) is 48.7 Å². The standard InChI is InChI=1S/C23H21NO5/c25-21(18-7-3-1-4-8-18)14-17-13-20(16-24-15-17)23(27)29-12-11-28-22(26)19-9-5-2-6-10-19/h1-10,15-17H,11-14H2. The fraction of sp³-hybridized carbons (Fsp3) is 0.217. The number of ether oxygens (including phenoxy) is 2. The lowest BCUT2D eigenvalue weighted by atomic mass is 9.92. The predicted molar refractivity (Wildman–Crippen MR) is 108 cm³/mol. The SMILES string of the molecule is O=C(OCCOC(=O)c1ccccc1)C1=CN=CC(CC(=O)c2ccccc2)C1. The quantitative estimate of drug-likeness (QED) is 0.390. The van der Waals surface area contributed by atoms with E-state index in [4.69, 9.17) is 9.47 Å². The zero-order valence-electron chi connectivity index (χ0n) is 15.8. The monoisotopic (exact) mass is 391 g/mol. The van der Waals surface area contributed by atoms with Crippen LogP contribution >= 0.6 is 0 Å². The number of carbonyl (C=O) groups excluding carboxylic acids is 3. The number of aliphatic imine (C=N–C) groups is 1. The van der Waals surface area contributed by atoms with Crippen LogP contribution in [0.2, 0.25) is 0 Å². The molecule has 0 aliphatic carbocycles. The Kier molecular flexibility index (Phi) is 7.05. The number of Topliss-reactive ketones (excluding diaryl/α,β-unsaturated/α-hetero) is 1. The molecule has 2 aromatic carbocycles. The summed E-state index contributed by atoms with van der Waals surface area (Å²) < 4.78 is 10.2. The van der Waals surface area contributed by atoms with Crippen molar-refractivity contribution in [2.45, 2.75) is 12.8 Å². The molecule has 6 heteroatoms. The number of ketones is 1. The number of hydrogen-bond donors (Lipinski definition) is 0. The van der Waals surface area contributed by atoms with E-state index < -0.39 is 11.9 Å². The summed E-state index contributed by atoms with van der Waals surface area (Å²) in [4.78, 5) is 40.5. The third-order valence-electron chi connectivity index (χ3n) is 4.37. The first-order valence-electron chi connectivity index (χ1n) is 9.33. The maximum absolute atomic E-state index is 12.3. The Labute approximate surface area is 168 Å². The van der Waals surface area contributed by atoms with Crippen molar-refractivity contribution in [3.8, 4) is 0 Å². The van der Waals surface area contributed by atoms with Gasteiger partial charge in [0.1, 0.15) is 13.2 Å². The number of benzene rings is 2. The maximum Gasteiger partial charge on any atom is 0.338 e. The smallest absolute Gasteiger partial charge is 0.338 e. The molecule has 0 aromatic heterocycles. The number of rotatable bonds is 8. The molecular formula is C23H21NO5. The fourth-order valence-electron chi connectivity index (χ4n) is 2.90. The van der Waals surface area contributed by atoms with Gasteiger partial charge in [-0.05, 0) is 18.6 Å². The Morgan fingerprint density at radius 2 is 1.41 bits per heavy atom. The molecule has 29 heavy (non-hydrogen) atoms. The summed E-state index contributed by atoms with van der Waals surface area (Å²) in [5.41, 5.74) is 1.47. The average molecular weight is 391 g/mol. The first-order chi connectivity index (χ1) is 14.1. The van der Waals surface area contributed by atoms with E-state index in [0.29, 0.717) is 23.1 Å². The first-order valence-corrected chi connectivity index (χ1v) is 9.33. The molecule has 1 unspecified atom stereocenters. The van der Waals surface area contributed by atoms with E-state index in [1.165, 1.54) is 6.20 Å². The Bertz CT molecular complexity index is 919. The minimum absolute atomic E-state index is 0.00416. The van der Waals surface area contributed by atoms with Crippen LogP contribution in [0.25, 0.3) is 0 Å². The highest BCUT2D eigenvalue weighted by molar-refractivity contribution is 5.98. The topological polar surface area (TPSA) is 82.0 Å². The molecule has 1 aliphatic heterocycles. The highest BCUT2D eigenvalue weighted by Crippen LogP contribution is 2.21. The van der Waals surface area contributed by atoms with Crippen LogP contribution in [0.4, 0.5) is 0 Å². The summed E-state index contributed by atoms with van der Waals surface area (Å²) in [7, 11) is 0. The van der Waals surface area contributed by atoms with Gasteiger partial charge in [-0.3, -0.25) is 9.79 Å². The Morgan fingerprint density at radius 3 is 2.07 bits per heavy atom. The van der Waals surface area contributed by atoms with Crippen LogP contribution in [0.3, 0.4) is 0 Å². The predicted octanol–water partition coefficient (Wildman–Crippen LogP) is 3.63. The van der Waals surface area contributed by atoms with E-state index in [0.717, 1.165) is 0 Å². The number of hydrogen-bond acceptors (Lipinski definition) is 6. The van der Waals surface area contributed by atoms with Crippen LogP contribution in [0.1, 0.15) is 33.6 Å². The normalized spacial score (nSPS) is 15.3. The minimum Gasteiger partial charge on any atom is -0.459 e. The molecule has 6 nitrogen and oxygen atoms in total. The van der Waals surface area contributed by atoms with Crippen molar-refractivity contribution in [2.75, 3.05) is 13.2 Å². The number of carbonyl (C=O) groups is 3. The maximum atomic E-state index is 12.3. The van der Waals surface area contributed by atoms with Crippen LogP contribution in [-0.4, -0.2) is 37.2 Å². The van der Waals surface area contributed by atoms with Gasteiger partial charge in [-0.1, -0.05) is 48.5 Å². The third kappa shape index (κ3) is 5.97. The second-order valence-electron chi connectivity index (χ2n) is 6.55. The molecular weight excluding hydrogens is 370 g/mol. The molecule has 0 saturated heterocycles. The zero-order valence-corrected chi connectivity index (χ0v) is 15.8. The van der Waals surface area contributed by atoms with Crippen molar-refractivity contribution in [3.05, 3.63) is 83.6 Å². The molecule has 1 aliphatic rings. The van der Waals surface area contributed by atoms with E-state index >= 15 is 0 Å². The van der Waals surface area contributed by atoms with Crippen LogP contribution in [-0.2, 0) is 14.3 Å². The van der Waals surface area contributed by atoms with Gasteiger partial charge in [-0.15, -0.1) is 0 Å². The molecule has 2 aromatic rings. The van der Waals surface area contributed by atoms with Crippen molar-refractivity contribution in [3.63, 3.8) is 0 Å². The lowest BCUT2D eigenvalue weighted by molar-refractivity contribution is -0.140. The lowest BCUT2D eigenvalue weighted by Gasteiger charge is -2.16. The zero-order chi connectivity index (χ0) is 20.5. The van der Waals surface area contributed by atoms with Crippen LogP contribution < -0.4 is 0 Å². The minimum atomic E-state index is -0.519. The molecule has 1 heterocycles. The summed E-state index contributed by atoms with van der Waals surface area (Å²) in [5.74, 6) is -1.15. The van der Waals surface area contributed by atoms with Gasteiger partial charge >= 0.3 is 11.9 Å². The molecule has 0 bridgehead atoms. The number of esters is 2. The van der Waals surface area contributed by atoms with Crippen LogP contribution in [0.15, 0.2) is 77.4 Å². The second kappa shape index (κ2) is 10.1. The average Bonchev–Trinajstić information content (AvgIpc) is 2.77. The van der Waals surface area contributed by atoms with Gasteiger partial charge in [0, 0.05) is 30.3 Å². The highest BCUT2D eigenvalue weighted by Gasteiger charge is 2.22. The molecule has 0 radical (unpaired) electrons. The third-order valence-corrected chi connectivity index (χ3v) is 4.37. The second-order valence-corrected chi connectivity index (χ2v) is 6.55. The van der Waals surface area contributed by atoms with Crippen molar-refractivity contribution in [1.29, 1.82) is 0 Å². The van der Waals surface area contributed by atoms with Gasteiger partial charge in [-0.25, -0.2) is 9.59 Å². The largest absolute Gasteiger partial charge is 0.459 e. The Morgan fingerprint density at radius 1 is 0.828 bits per heavy atom. The van der Waals surface area contributed by atoms with Crippen molar-refractivity contribution in [2.24, 2.45) is 10.9 Å². The van der Waals surface area contributed by atoms with Gasteiger partial charge in [0.2, 0.25) is 0 Å². The molecule has 0 fully saturated rings. The Balaban J connectivity index is 1.42. The molecule has 0 saturated carbocycles. The number of nitrogens with zero attached hydrogens (tertiary/aromatic N) is 1. The molecule has 148 valence electrons. The molecule has 3 rings (SSSR count). The van der Waals surface area contributed by atoms with Crippen molar-refractivity contribution >= 4 is 23.9 Å². The van der Waals surface area contributed by atoms with Gasteiger partial charge in [0.15, 0.2) is 5.78 Å². The van der Waals surface area contributed by atoms with Gasteiger partial charge in [0.05, 0.1) is 11.1 Å². The molecule has 1 atom stereocenters. The van der Waals surface area contributed by atoms with Crippen molar-refractivity contribution < 1.29 is 23.9 Å². The van der Waals surface area contributed by atoms with E-state index in [1.807, 2.05) is 18.2 Å². The summed E-state index contributed by atoms with van der Waals surface area (Å²) in [6.45, 7) is -0.0853. The first kappa shape index (κ1) is 20.2. The summed E-state index contributed by atoms with van der Waals surface area (Å²) in [6, 6.07) is 17.6. The Hall–Kier alpha value is -3.54. The summed E-state index contributed by atoms with van der Waals surface area (Å²) >= 11 is 0. The molecule has 0 spiro atoms. The van der Waals surface area contributed by atoms with Gasteiger partial charge in [-0.2, -0.15) is 0 Å². The fourth-order valence-corrected chi connectivity index (χ4v) is 2.90. The van der Waals surface area contributed by atoms with E-state index in [-0.39, 0.29) is 31.3 Å². The summed E-state index contributed by atoms with van der Waals surface area (Å²) in [5, 5.41) is 0. The van der Waals surface area contributed by atoms with E-state index in [2.05, 4.69) is 4.99 Å². The van der Waals surface area contributed by atoms with Crippen LogP contribution in [0.5, 0.6) is 0 Å². The van der Waals surface area contributed by atoms with E-state index in [9.17, 15) is 14.4 Å². The molecule has 0 N–H and O–H groups in total. The lowest BCUT2D eigenvalue weighted by Crippen LogP contribution is -2.20. The van der Waals surface area contributed by atoms with Crippen LogP contribution in [0, 0.1) is 5.92 Å².